The van der Waals surface area contributed by atoms with Gasteiger partial charge in [0.15, 0.2) is 0 Å². The lowest BCUT2D eigenvalue weighted by molar-refractivity contribution is 0.626. The molecule has 11 rings (SSSR count). The van der Waals surface area contributed by atoms with Crippen molar-refractivity contribution in [1.29, 1.82) is 0 Å². The van der Waals surface area contributed by atoms with Crippen LogP contribution in [0.2, 0.25) is 0 Å². The highest BCUT2D eigenvalue weighted by Gasteiger charge is 2.59. The minimum atomic E-state index is -0.524. The van der Waals surface area contributed by atoms with Gasteiger partial charge in [-0.1, -0.05) is 138 Å². The number of furan rings is 1. The summed E-state index contributed by atoms with van der Waals surface area (Å²) in [6, 6.07) is 51.2. The van der Waals surface area contributed by atoms with Crippen molar-refractivity contribution in [1.82, 2.24) is 0 Å². The molecule has 1 nitrogen and oxygen atoms in total. The van der Waals surface area contributed by atoms with Crippen LogP contribution >= 0.6 is 0 Å². The molecule has 1 heteroatoms. The van der Waals surface area contributed by atoms with Crippen molar-refractivity contribution in [2.45, 2.75) is 38.5 Å². The van der Waals surface area contributed by atoms with Crippen LogP contribution in [0.4, 0.5) is 0 Å². The van der Waals surface area contributed by atoms with Gasteiger partial charge in [0.2, 0.25) is 0 Å². The van der Waals surface area contributed by atoms with E-state index in [0.717, 1.165) is 16.6 Å². The Morgan fingerprint density at radius 2 is 0.735 bits per heavy atom. The van der Waals surface area contributed by atoms with Crippen molar-refractivity contribution < 1.29 is 4.42 Å². The quantitative estimate of drug-likeness (QED) is 0.163. The van der Waals surface area contributed by atoms with Crippen LogP contribution < -0.4 is 0 Å². The Morgan fingerprint density at radius 3 is 1.20 bits per heavy atom. The zero-order valence-corrected chi connectivity index (χ0v) is 28.1. The molecule has 0 amide bonds. The van der Waals surface area contributed by atoms with Gasteiger partial charge in [0.1, 0.15) is 11.2 Å². The van der Waals surface area contributed by atoms with Gasteiger partial charge in [-0.15, -0.1) is 0 Å². The van der Waals surface area contributed by atoms with Gasteiger partial charge in [-0.05, 0) is 113 Å². The fourth-order valence-corrected chi connectivity index (χ4v) is 10.1. The number of fused-ring (bicyclic) bond motifs is 19. The van der Waals surface area contributed by atoms with Gasteiger partial charge < -0.3 is 4.42 Å². The second-order valence-corrected chi connectivity index (χ2v) is 14.7. The third kappa shape index (κ3) is 3.13. The van der Waals surface area contributed by atoms with Crippen LogP contribution in [0.15, 0.2) is 138 Å². The smallest absolute Gasteiger partial charge is 0.135 e. The number of rotatable bonds is 0. The molecule has 3 aliphatic carbocycles. The molecule has 0 aliphatic heterocycles. The molecular formula is C48H34O. The summed E-state index contributed by atoms with van der Waals surface area (Å²) in [4.78, 5) is 0. The van der Waals surface area contributed by atoms with Crippen LogP contribution in [-0.2, 0) is 10.8 Å². The van der Waals surface area contributed by atoms with Crippen LogP contribution in [0.1, 0.15) is 66.8 Å². The average Bonchev–Trinajstić information content (AvgIpc) is 3.70. The zero-order valence-electron chi connectivity index (χ0n) is 28.1. The fourth-order valence-electron chi connectivity index (χ4n) is 10.1. The predicted molar refractivity (Wildman–Crippen MR) is 201 cm³/mol. The summed E-state index contributed by atoms with van der Waals surface area (Å²) >= 11 is 0. The Hall–Kier alpha value is -5.66. The highest BCUT2D eigenvalue weighted by Crippen LogP contribution is 2.68. The molecule has 0 bridgehead atoms. The van der Waals surface area contributed by atoms with E-state index in [1.165, 1.54) is 94.4 Å². The Kier molecular flexibility index (Phi) is 5.05. The molecule has 1 heterocycles. The van der Waals surface area contributed by atoms with Gasteiger partial charge in [0.05, 0.1) is 10.8 Å². The standard InChI is InChI=1S/C48H34O/c1-27-13-17-31-32-18-14-28(2)22-40(32)47(39(31)21-27)37-10-6-7-11-38(37)48(41-23-29(3)15-19-33(41)34-20-16-30(4)24-42(34)48)44-26-46-36(25-43(44)47)35-9-5-8-12-45(35)49-46/h5-26H,1-4H3. The summed E-state index contributed by atoms with van der Waals surface area (Å²) in [5.74, 6) is 0. The molecule has 0 atom stereocenters. The van der Waals surface area contributed by atoms with E-state index in [1.54, 1.807) is 0 Å². The van der Waals surface area contributed by atoms with Crippen molar-refractivity contribution in [3.8, 4) is 22.3 Å². The van der Waals surface area contributed by atoms with E-state index in [4.69, 9.17) is 4.42 Å². The van der Waals surface area contributed by atoms with Gasteiger partial charge >= 0.3 is 0 Å². The zero-order chi connectivity index (χ0) is 32.8. The lowest BCUT2D eigenvalue weighted by Gasteiger charge is -2.49. The molecule has 8 aromatic rings. The van der Waals surface area contributed by atoms with Crippen molar-refractivity contribution in [2.75, 3.05) is 0 Å². The van der Waals surface area contributed by atoms with Gasteiger partial charge in [0.25, 0.3) is 0 Å². The first-order valence-electron chi connectivity index (χ1n) is 17.4. The summed E-state index contributed by atoms with van der Waals surface area (Å²) in [5, 5.41) is 2.33. The molecule has 0 fully saturated rings. The first-order valence-corrected chi connectivity index (χ1v) is 17.4. The van der Waals surface area contributed by atoms with Gasteiger partial charge in [-0.3, -0.25) is 0 Å². The number of benzene rings is 7. The van der Waals surface area contributed by atoms with E-state index in [9.17, 15) is 0 Å². The van der Waals surface area contributed by atoms with E-state index in [-0.39, 0.29) is 0 Å². The summed E-state index contributed by atoms with van der Waals surface area (Å²) in [6.45, 7) is 8.94. The Balaban J connectivity index is 1.43. The van der Waals surface area contributed by atoms with Crippen LogP contribution in [0, 0.1) is 27.7 Å². The van der Waals surface area contributed by atoms with Crippen molar-refractivity contribution in [2.24, 2.45) is 0 Å². The first kappa shape index (κ1) is 27.3. The van der Waals surface area contributed by atoms with Gasteiger partial charge in [-0.25, -0.2) is 0 Å². The van der Waals surface area contributed by atoms with Gasteiger partial charge in [0, 0.05) is 10.8 Å². The Bertz CT molecular complexity index is 2670. The van der Waals surface area contributed by atoms with Crippen LogP contribution in [-0.4, -0.2) is 0 Å². The number of hydrogen-bond acceptors (Lipinski definition) is 1. The molecule has 0 N–H and O–H groups in total. The van der Waals surface area contributed by atoms with Crippen LogP contribution in [0.3, 0.4) is 0 Å². The molecule has 49 heavy (non-hydrogen) atoms. The van der Waals surface area contributed by atoms with Gasteiger partial charge in [-0.2, -0.15) is 0 Å². The largest absolute Gasteiger partial charge is 0.456 e. The summed E-state index contributed by atoms with van der Waals surface area (Å²) < 4.78 is 6.76. The maximum Gasteiger partial charge on any atom is 0.135 e. The second kappa shape index (κ2) is 9.07. The van der Waals surface area contributed by atoms with E-state index in [2.05, 4.69) is 161 Å². The van der Waals surface area contributed by atoms with Crippen molar-refractivity contribution >= 4 is 21.9 Å². The second-order valence-electron chi connectivity index (χ2n) is 14.7. The topological polar surface area (TPSA) is 13.1 Å². The number of hydrogen-bond donors (Lipinski definition) is 0. The summed E-state index contributed by atoms with van der Waals surface area (Å²) in [6.07, 6.45) is 0. The lowest BCUT2D eigenvalue weighted by atomic mass is 9.52. The minimum Gasteiger partial charge on any atom is -0.456 e. The van der Waals surface area contributed by atoms with E-state index < -0.39 is 10.8 Å². The highest BCUT2D eigenvalue weighted by atomic mass is 16.3. The Morgan fingerprint density at radius 1 is 0.327 bits per heavy atom. The average molecular weight is 627 g/mol. The molecule has 232 valence electrons. The van der Waals surface area contributed by atoms with E-state index >= 15 is 0 Å². The molecule has 0 saturated heterocycles. The monoisotopic (exact) mass is 626 g/mol. The third-order valence-corrected chi connectivity index (χ3v) is 12.0. The molecule has 0 saturated carbocycles. The van der Waals surface area contributed by atoms with Crippen molar-refractivity contribution in [3.63, 3.8) is 0 Å². The maximum absolute atomic E-state index is 6.76. The minimum absolute atomic E-state index is 0.511. The first-order chi connectivity index (χ1) is 23.9. The molecule has 7 aromatic carbocycles. The number of para-hydroxylation sites is 1. The fraction of sp³-hybridized carbons (Fsp3) is 0.125. The van der Waals surface area contributed by atoms with E-state index in [1.807, 2.05) is 0 Å². The third-order valence-electron chi connectivity index (χ3n) is 12.0. The molecule has 0 unspecified atom stereocenters. The normalized spacial score (nSPS) is 15.3. The van der Waals surface area contributed by atoms with Crippen LogP contribution in [0.5, 0.6) is 0 Å². The molecule has 0 radical (unpaired) electrons. The van der Waals surface area contributed by atoms with E-state index in [0.29, 0.717) is 0 Å². The molecule has 1 aromatic heterocycles. The predicted octanol–water partition coefficient (Wildman–Crippen LogP) is 11.9. The maximum atomic E-state index is 6.76. The lowest BCUT2D eigenvalue weighted by Crippen LogP contribution is -2.44. The Labute approximate surface area is 286 Å². The van der Waals surface area contributed by atoms with Crippen molar-refractivity contribution in [3.05, 3.63) is 200 Å². The SMILES string of the molecule is Cc1ccc2c(c1)C1(c3cc(C)ccc3-2)c2ccccc2C2(c3cc(C)ccc3-c3ccc(C)cc32)c2cc3c(cc21)oc1ccccc13. The highest BCUT2D eigenvalue weighted by molar-refractivity contribution is 6.07. The summed E-state index contributed by atoms with van der Waals surface area (Å²) in [5.41, 5.74) is 22.1. The molecule has 3 aliphatic rings. The number of aryl methyl sites for hydroxylation is 4. The summed E-state index contributed by atoms with van der Waals surface area (Å²) in [7, 11) is 0. The molecular weight excluding hydrogens is 593 g/mol. The molecule has 2 spiro atoms. The van der Waals surface area contributed by atoms with Crippen LogP contribution in [0.25, 0.3) is 44.2 Å².